The summed E-state index contributed by atoms with van der Waals surface area (Å²) in [6.45, 7) is 6.79. The first-order chi connectivity index (χ1) is 14.5. The van der Waals surface area contributed by atoms with E-state index in [2.05, 4.69) is 19.8 Å². The number of piperazine rings is 1. The second-order valence-electron chi connectivity index (χ2n) is 7.78. The van der Waals surface area contributed by atoms with Crippen molar-refractivity contribution in [2.75, 3.05) is 44.2 Å². The number of unbranched alkanes of at least 4 members (excludes halogenated alkanes) is 1. The molecule has 9 heteroatoms. The maximum Gasteiger partial charge on any atom is 0.261 e. The fraction of sp³-hybridized carbons (Fsp3) is 0.524. The Morgan fingerprint density at radius 2 is 1.73 bits per heavy atom. The van der Waals surface area contributed by atoms with Crippen LogP contribution in [0, 0.1) is 12.7 Å². The normalized spacial score (nSPS) is 17.9. The lowest BCUT2D eigenvalue weighted by molar-refractivity contribution is -0.128. The maximum atomic E-state index is 13.0. The highest BCUT2D eigenvalue weighted by Crippen LogP contribution is 2.28. The lowest BCUT2D eigenvalue weighted by Crippen LogP contribution is -2.47. The predicted molar refractivity (Wildman–Crippen MR) is 113 cm³/mol. The van der Waals surface area contributed by atoms with Crippen molar-refractivity contribution in [2.45, 2.75) is 32.6 Å². The average molecular weight is 432 g/mol. The van der Waals surface area contributed by atoms with Gasteiger partial charge < -0.3 is 4.90 Å². The van der Waals surface area contributed by atoms with Crippen LogP contribution in [-0.2, 0) is 11.2 Å². The van der Waals surface area contributed by atoms with Crippen LogP contribution in [0.5, 0.6) is 0 Å². The molecule has 0 N–H and O–H groups in total. The molecule has 0 aromatic carbocycles. The summed E-state index contributed by atoms with van der Waals surface area (Å²) in [4.78, 5) is 41.4. The van der Waals surface area contributed by atoms with Crippen molar-refractivity contribution < 1.29 is 14.0 Å². The molecule has 2 aromatic rings. The molecule has 0 spiro atoms. The number of imide groups is 1. The summed E-state index contributed by atoms with van der Waals surface area (Å²) in [6, 6.07) is 1.91. The van der Waals surface area contributed by atoms with E-state index in [1.807, 2.05) is 13.0 Å². The summed E-state index contributed by atoms with van der Waals surface area (Å²) in [5, 5.41) is 0. The summed E-state index contributed by atoms with van der Waals surface area (Å²) in [5.41, 5.74) is 0.711. The smallest absolute Gasteiger partial charge is 0.261 e. The molecule has 2 aromatic heterocycles. The number of hydrogen-bond acceptors (Lipinski definition) is 7. The minimum absolute atomic E-state index is 0.0611. The topological polar surface area (TPSA) is 69.6 Å². The van der Waals surface area contributed by atoms with Crippen LogP contribution in [0.1, 0.15) is 39.4 Å². The van der Waals surface area contributed by atoms with Crippen molar-refractivity contribution in [2.24, 2.45) is 0 Å². The number of halogens is 1. The third-order valence-corrected chi connectivity index (χ3v) is 6.75. The number of carbonyl (C=O) groups is 2. The number of carbonyl (C=O) groups excluding carboxylic acids is 2. The van der Waals surface area contributed by atoms with Gasteiger partial charge in [-0.3, -0.25) is 19.4 Å². The number of fused-ring (bicyclic) bond motifs is 1. The first kappa shape index (κ1) is 20.9. The van der Waals surface area contributed by atoms with Gasteiger partial charge >= 0.3 is 0 Å². The first-order valence-corrected chi connectivity index (χ1v) is 11.2. The van der Waals surface area contributed by atoms with E-state index in [1.54, 1.807) is 11.3 Å². The number of nitrogens with zero attached hydrogens (tertiary/aromatic N) is 5. The van der Waals surface area contributed by atoms with Crippen LogP contribution in [0.15, 0.2) is 18.5 Å². The van der Waals surface area contributed by atoms with Crippen LogP contribution < -0.4 is 4.90 Å². The van der Waals surface area contributed by atoms with Gasteiger partial charge in [0.2, 0.25) is 11.9 Å². The van der Waals surface area contributed by atoms with Gasteiger partial charge in [0.25, 0.3) is 5.91 Å². The first-order valence-electron chi connectivity index (χ1n) is 10.4. The number of rotatable bonds is 6. The van der Waals surface area contributed by atoms with Crippen LogP contribution >= 0.6 is 11.3 Å². The number of aryl methyl sites for hydroxylation is 2. The fourth-order valence-electron chi connectivity index (χ4n) is 4.02. The summed E-state index contributed by atoms with van der Waals surface area (Å²) in [6.07, 6.45) is 5.20. The summed E-state index contributed by atoms with van der Waals surface area (Å²) in [7, 11) is 0. The monoisotopic (exact) mass is 431 g/mol. The fourth-order valence-corrected chi connectivity index (χ4v) is 5.04. The Balaban J connectivity index is 1.22. The summed E-state index contributed by atoms with van der Waals surface area (Å²) >= 11 is 1.62. The molecule has 4 heterocycles. The zero-order chi connectivity index (χ0) is 21.1. The van der Waals surface area contributed by atoms with Crippen LogP contribution in [0.2, 0.25) is 0 Å². The van der Waals surface area contributed by atoms with Crippen molar-refractivity contribution in [1.82, 2.24) is 19.8 Å². The van der Waals surface area contributed by atoms with E-state index in [1.165, 1.54) is 17.3 Å². The third-order valence-electron chi connectivity index (χ3n) is 5.64. The van der Waals surface area contributed by atoms with Crippen LogP contribution in [0.4, 0.5) is 10.3 Å². The second-order valence-corrected chi connectivity index (χ2v) is 9.12. The van der Waals surface area contributed by atoms with Gasteiger partial charge in [0.1, 0.15) is 0 Å². The third kappa shape index (κ3) is 4.67. The SMILES string of the molecule is Cc1cc2c(s1)CCC(=O)N(CCCCN1CCN(c3ncc(F)cn3)CC1)C2=O. The van der Waals surface area contributed by atoms with E-state index in [-0.39, 0.29) is 11.8 Å². The standard InChI is InChI=1S/C21H26FN5O2S/c1-15-12-17-18(30-15)4-5-19(28)27(20(17)29)7-3-2-6-25-8-10-26(11-9-25)21-23-13-16(22)14-24-21/h12-14H,2-11H2,1H3. The van der Waals surface area contributed by atoms with Crippen LogP contribution in [0.25, 0.3) is 0 Å². The Morgan fingerprint density at radius 1 is 1.03 bits per heavy atom. The van der Waals surface area contributed by atoms with E-state index in [9.17, 15) is 14.0 Å². The number of aromatic nitrogens is 2. The summed E-state index contributed by atoms with van der Waals surface area (Å²) < 4.78 is 13.0. The highest BCUT2D eigenvalue weighted by molar-refractivity contribution is 7.12. The Bertz CT molecular complexity index is 909. The highest BCUT2D eigenvalue weighted by Gasteiger charge is 2.29. The van der Waals surface area contributed by atoms with E-state index in [0.29, 0.717) is 30.9 Å². The molecular formula is C21H26FN5O2S. The van der Waals surface area contributed by atoms with E-state index in [4.69, 9.17) is 0 Å². The molecule has 1 saturated heterocycles. The molecular weight excluding hydrogens is 405 g/mol. The van der Waals surface area contributed by atoms with Gasteiger partial charge in [-0.2, -0.15) is 0 Å². The Labute approximate surface area is 179 Å². The second kappa shape index (κ2) is 9.18. The average Bonchev–Trinajstić information content (AvgIpc) is 3.09. The molecule has 2 aliphatic rings. The Hall–Kier alpha value is -2.39. The molecule has 4 rings (SSSR count). The maximum absolute atomic E-state index is 13.0. The minimum atomic E-state index is -0.427. The van der Waals surface area contributed by atoms with Crippen molar-refractivity contribution in [1.29, 1.82) is 0 Å². The van der Waals surface area contributed by atoms with Crippen LogP contribution in [-0.4, -0.2) is 70.9 Å². The van der Waals surface area contributed by atoms with Crippen molar-refractivity contribution >= 4 is 29.1 Å². The molecule has 2 aliphatic heterocycles. The van der Waals surface area contributed by atoms with Gasteiger partial charge in [-0.15, -0.1) is 11.3 Å². The predicted octanol–water partition coefficient (Wildman–Crippen LogP) is 2.50. The highest BCUT2D eigenvalue weighted by atomic mass is 32.1. The lowest BCUT2D eigenvalue weighted by atomic mass is 10.2. The van der Waals surface area contributed by atoms with Gasteiger partial charge in [0.15, 0.2) is 5.82 Å². The summed E-state index contributed by atoms with van der Waals surface area (Å²) in [5.74, 6) is -0.0554. The number of hydrogen-bond donors (Lipinski definition) is 0. The molecule has 2 amide bonds. The zero-order valence-electron chi connectivity index (χ0n) is 17.1. The lowest BCUT2D eigenvalue weighted by Gasteiger charge is -2.34. The molecule has 0 unspecified atom stereocenters. The number of amides is 2. The van der Waals surface area contributed by atoms with Crippen molar-refractivity contribution in [3.05, 3.63) is 39.6 Å². The molecule has 0 saturated carbocycles. The van der Waals surface area contributed by atoms with Gasteiger partial charge in [0.05, 0.1) is 18.0 Å². The molecule has 0 atom stereocenters. The van der Waals surface area contributed by atoms with E-state index in [0.717, 1.165) is 55.3 Å². The Kier molecular flexibility index (Phi) is 6.38. The van der Waals surface area contributed by atoms with Crippen molar-refractivity contribution in [3.8, 4) is 0 Å². The van der Waals surface area contributed by atoms with Gasteiger partial charge in [-0.05, 0) is 38.8 Å². The molecule has 0 aliphatic carbocycles. The van der Waals surface area contributed by atoms with Gasteiger partial charge in [-0.1, -0.05) is 0 Å². The molecule has 0 radical (unpaired) electrons. The van der Waals surface area contributed by atoms with Gasteiger partial charge in [0, 0.05) is 48.9 Å². The molecule has 7 nitrogen and oxygen atoms in total. The zero-order valence-corrected chi connectivity index (χ0v) is 18.0. The molecule has 1 fully saturated rings. The van der Waals surface area contributed by atoms with Gasteiger partial charge in [-0.25, -0.2) is 14.4 Å². The molecule has 0 bridgehead atoms. The number of thiophene rings is 1. The van der Waals surface area contributed by atoms with Crippen LogP contribution in [0.3, 0.4) is 0 Å². The molecule has 160 valence electrons. The van der Waals surface area contributed by atoms with Crippen molar-refractivity contribution in [3.63, 3.8) is 0 Å². The Morgan fingerprint density at radius 3 is 2.47 bits per heavy atom. The molecule has 30 heavy (non-hydrogen) atoms. The van der Waals surface area contributed by atoms with E-state index >= 15 is 0 Å². The largest absolute Gasteiger partial charge is 0.338 e. The number of anilines is 1. The minimum Gasteiger partial charge on any atom is -0.338 e. The van der Waals surface area contributed by atoms with E-state index < -0.39 is 5.82 Å². The quantitative estimate of drug-likeness (QED) is 0.517.